The highest BCUT2D eigenvalue weighted by molar-refractivity contribution is 7.92. The molecule has 1 fully saturated rings. The Balaban J connectivity index is 1.17. The van der Waals surface area contributed by atoms with Gasteiger partial charge in [0.1, 0.15) is 35.8 Å². The zero-order valence-electron chi connectivity index (χ0n) is 25.4. The highest BCUT2D eigenvalue weighted by atomic mass is 32.2. The minimum atomic E-state index is -3.77. The molecule has 0 spiro atoms. The summed E-state index contributed by atoms with van der Waals surface area (Å²) in [7, 11) is -7.38. The maximum atomic E-state index is 13.8. The number of urea groups is 1. The molecule has 6 N–H and O–H groups in total. The van der Waals surface area contributed by atoms with E-state index in [1.54, 1.807) is 0 Å². The van der Waals surface area contributed by atoms with E-state index in [0.29, 0.717) is 38.2 Å². The highest BCUT2D eigenvalue weighted by Crippen LogP contribution is 2.29. The van der Waals surface area contributed by atoms with Crippen molar-refractivity contribution in [2.24, 2.45) is 5.92 Å². The summed E-state index contributed by atoms with van der Waals surface area (Å²) >= 11 is 0. The second-order valence-electron chi connectivity index (χ2n) is 11.1. The summed E-state index contributed by atoms with van der Waals surface area (Å²) in [6.45, 7) is 1.07. The molecule has 2 amide bonds. The lowest BCUT2D eigenvalue weighted by molar-refractivity contribution is 0.104. The molecular weight excluding hydrogens is 660 g/mol. The smallest absolute Gasteiger partial charge is 0.319 e. The molecular formula is C30H37F2N5O8S2. The molecule has 0 unspecified atom stereocenters. The van der Waals surface area contributed by atoms with Gasteiger partial charge in [0.05, 0.1) is 16.8 Å². The first kappa shape index (κ1) is 35.8. The van der Waals surface area contributed by atoms with Crippen molar-refractivity contribution in [1.29, 1.82) is 0 Å². The number of hydrogen-bond donors (Lipinski definition) is 6. The number of anilines is 2. The number of carbonyl (C=O) groups is 1. The van der Waals surface area contributed by atoms with Crippen molar-refractivity contribution < 1.29 is 45.4 Å². The molecule has 3 aromatic rings. The monoisotopic (exact) mass is 697 g/mol. The third kappa shape index (κ3) is 10.8. The summed E-state index contributed by atoms with van der Waals surface area (Å²) in [5.41, 5.74) is 0.257. The largest absolute Gasteiger partial charge is 0.506 e. The third-order valence-electron chi connectivity index (χ3n) is 7.29. The van der Waals surface area contributed by atoms with Crippen molar-refractivity contribution in [3.63, 3.8) is 0 Å². The topological polar surface area (TPSA) is 186 Å². The lowest BCUT2D eigenvalue weighted by Gasteiger charge is -2.31. The summed E-state index contributed by atoms with van der Waals surface area (Å²) in [5.74, 6) is -1.11. The molecule has 1 aliphatic rings. The SMILES string of the molecule is CS(=O)(=O)Nc1cc(OC[C@H](O)CNCC2CCN(S(=O)(=O)c3ccc(NC(=O)NCc4cc(F)ccc4F)cc3)CC2)ccc1O. The number of nitrogens with one attached hydrogen (secondary N) is 4. The van der Waals surface area contributed by atoms with Crippen LogP contribution in [-0.2, 0) is 26.6 Å². The Kier molecular flexibility index (Phi) is 12.0. The van der Waals surface area contributed by atoms with Crippen LogP contribution in [0.3, 0.4) is 0 Å². The van der Waals surface area contributed by atoms with E-state index in [-0.39, 0.29) is 53.3 Å². The summed E-state index contributed by atoms with van der Waals surface area (Å²) in [4.78, 5) is 12.3. The molecule has 13 nitrogen and oxygen atoms in total. The number of aromatic hydroxyl groups is 1. The van der Waals surface area contributed by atoms with Gasteiger partial charge in [-0.15, -0.1) is 0 Å². The van der Waals surface area contributed by atoms with E-state index in [9.17, 15) is 40.6 Å². The van der Waals surface area contributed by atoms with Crippen molar-refractivity contribution in [3.8, 4) is 11.5 Å². The van der Waals surface area contributed by atoms with Crippen molar-refractivity contribution in [1.82, 2.24) is 14.9 Å². The van der Waals surface area contributed by atoms with Crippen LogP contribution < -0.4 is 25.4 Å². The Bertz CT molecular complexity index is 1750. The number of ether oxygens (including phenoxy) is 1. The standard InChI is InChI=1S/C30H37F2N5O8S2/c1-46(41,42)36-28-15-25(5-9-29(28)39)45-19-24(38)18-33-16-20-10-12-37(13-11-20)47(43,44)26-6-3-23(4-7-26)35-30(40)34-17-21-14-22(31)2-8-27(21)32/h2-9,14-15,20,24,33,36,38-39H,10-13,16-19H2,1H3,(H2,34,35,40)/t24-/m1/s1. The highest BCUT2D eigenvalue weighted by Gasteiger charge is 2.29. The fraction of sp³-hybridized carbons (Fsp3) is 0.367. The van der Waals surface area contributed by atoms with E-state index in [0.717, 1.165) is 24.5 Å². The first-order valence-corrected chi connectivity index (χ1v) is 17.9. The van der Waals surface area contributed by atoms with E-state index in [4.69, 9.17) is 4.74 Å². The third-order valence-corrected chi connectivity index (χ3v) is 9.79. The van der Waals surface area contributed by atoms with Gasteiger partial charge in [0.2, 0.25) is 20.0 Å². The summed E-state index contributed by atoms with van der Waals surface area (Å²) in [5, 5.41) is 28.2. The number of amides is 2. The molecule has 0 bridgehead atoms. The van der Waals surface area contributed by atoms with Crippen LogP contribution >= 0.6 is 0 Å². The molecule has 0 saturated carbocycles. The second kappa shape index (κ2) is 15.7. The number of nitrogens with zero attached hydrogens (tertiary/aromatic N) is 1. The van der Waals surface area contributed by atoms with Crippen molar-refractivity contribution in [3.05, 3.63) is 77.9 Å². The van der Waals surface area contributed by atoms with Gasteiger partial charge < -0.3 is 30.9 Å². The van der Waals surface area contributed by atoms with Crippen LogP contribution in [0.25, 0.3) is 0 Å². The number of halogens is 2. The minimum Gasteiger partial charge on any atom is -0.506 e. The number of phenols is 1. The van der Waals surface area contributed by atoms with Crippen molar-refractivity contribution in [2.45, 2.75) is 30.4 Å². The first-order valence-electron chi connectivity index (χ1n) is 14.6. The number of benzene rings is 3. The van der Waals surface area contributed by atoms with Gasteiger partial charge in [-0.05, 0) is 79.9 Å². The molecule has 0 aliphatic carbocycles. The molecule has 17 heteroatoms. The van der Waals surface area contributed by atoms with Crippen LogP contribution in [0.5, 0.6) is 11.5 Å². The molecule has 1 aliphatic heterocycles. The lowest BCUT2D eigenvalue weighted by Crippen LogP contribution is -2.42. The predicted octanol–water partition coefficient (Wildman–Crippen LogP) is 2.79. The number of hydrogen-bond acceptors (Lipinski definition) is 9. The lowest BCUT2D eigenvalue weighted by atomic mass is 9.98. The number of aliphatic hydroxyl groups is 1. The fourth-order valence-electron chi connectivity index (χ4n) is 4.83. The van der Waals surface area contributed by atoms with Crippen LogP contribution in [0.4, 0.5) is 25.0 Å². The van der Waals surface area contributed by atoms with Crippen LogP contribution in [0, 0.1) is 17.6 Å². The van der Waals surface area contributed by atoms with E-state index >= 15 is 0 Å². The summed E-state index contributed by atoms with van der Waals surface area (Å²) in [6.07, 6.45) is 1.28. The van der Waals surface area contributed by atoms with Crippen LogP contribution in [0.15, 0.2) is 65.6 Å². The zero-order valence-corrected chi connectivity index (χ0v) is 27.1. The van der Waals surface area contributed by atoms with Gasteiger partial charge in [-0.3, -0.25) is 4.72 Å². The summed E-state index contributed by atoms with van der Waals surface area (Å²) < 4.78 is 85.5. The average Bonchev–Trinajstić information content (AvgIpc) is 3.02. The number of piperidine rings is 1. The van der Waals surface area contributed by atoms with Gasteiger partial charge in [0.15, 0.2) is 0 Å². The molecule has 47 heavy (non-hydrogen) atoms. The van der Waals surface area contributed by atoms with E-state index < -0.39 is 43.8 Å². The zero-order chi connectivity index (χ0) is 34.2. The van der Waals surface area contributed by atoms with Gasteiger partial charge in [-0.1, -0.05) is 0 Å². The average molecular weight is 698 g/mol. The van der Waals surface area contributed by atoms with Crippen molar-refractivity contribution in [2.75, 3.05) is 49.1 Å². The molecule has 4 rings (SSSR count). The van der Waals surface area contributed by atoms with Crippen LogP contribution in [0.2, 0.25) is 0 Å². The number of aliphatic hydroxyl groups excluding tert-OH is 1. The number of sulfonamides is 2. The number of phenolic OH excluding ortho intramolecular Hbond substituents is 1. The molecule has 0 aromatic heterocycles. The molecule has 256 valence electrons. The Hall–Kier alpha value is -4.03. The normalized spacial score (nSPS) is 15.1. The number of rotatable bonds is 14. The molecule has 1 atom stereocenters. The maximum absolute atomic E-state index is 13.8. The van der Waals surface area contributed by atoms with Crippen LogP contribution in [0.1, 0.15) is 18.4 Å². The Labute approximate surface area is 272 Å². The second-order valence-corrected chi connectivity index (χ2v) is 14.8. The van der Waals surface area contributed by atoms with E-state index in [1.165, 1.54) is 46.8 Å². The predicted molar refractivity (Wildman–Crippen MR) is 171 cm³/mol. The van der Waals surface area contributed by atoms with Gasteiger partial charge >= 0.3 is 6.03 Å². The maximum Gasteiger partial charge on any atom is 0.319 e. The van der Waals surface area contributed by atoms with Gasteiger partial charge in [-0.25, -0.2) is 30.4 Å². The Morgan fingerprint density at radius 3 is 2.40 bits per heavy atom. The van der Waals surface area contributed by atoms with Crippen LogP contribution in [-0.4, -0.2) is 82.5 Å². The molecule has 1 heterocycles. The molecule has 3 aromatic carbocycles. The van der Waals surface area contributed by atoms with E-state index in [1.807, 2.05) is 0 Å². The quantitative estimate of drug-likeness (QED) is 0.138. The van der Waals surface area contributed by atoms with Gasteiger partial charge in [0.25, 0.3) is 0 Å². The van der Waals surface area contributed by atoms with Gasteiger partial charge in [-0.2, -0.15) is 4.31 Å². The molecule has 0 radical (unpaired) electrons. The fourth-order valence-corrected chi connectivity index (χ4v) is 6.87. The summed E-state index contributed by atoms with van der Waals surface area (Å²) in [6, 6.07) is 11.9. The Morgan fingerprint density at radius 2 is 1.72 bits per heavy atom. The first-order chi connectivity index (χ1) is 22.2. The molecule has 1 saturated heterocycles. The number of carbonyl (C=O) groups excluding carboxylic acids is 1. The van der Waals surface area contributed by atoms with E-state index in [2.05, 4.69) is 20.7 Å². The van der Waals surface area contributed by atoms with Gasteiger partial charge in [0, 0.05) is 43.5 Å². The Morgan fingerprint density at radius 1 is 1.02 bits per heavy atom. The minimum absolute atomic E-state index is 0.0156. The van der Waals surface area contributed by atoms with Crippen molar-refractivity contribution >= 4 is 37.5 Å².